The molecular formula is C13H11NO2. The number of rotatable bonds is 0. The lowest BCUT2D eigenvalue weighted by Crippen LogP contribution is -2.30. The van der Waals surface area contributed by atoms with Gasteiger partial charge in [-0.25, -0.2) is 0 Å². The third-order valence-corrected chi connectivity index (χ3v) is 2.41. The predicted molar refractivity (Wildman–Crippen MR) is 59.3 cm³/mol. The van der Waals surface area contributed by atoms with Crippen LogP contribution in [0.25, 0.3) is 0 Å². The zero-order valence-electron chi connectivity index (χ0n) is 8.77. The first-order valence-electron chi connectivity index (χ1n) is 5.19. The monoisotopic (exact) mass is 213 g/mol. The van der Waals surface area contributed by atoms with Gasteiger partial charge in [0.25, 0.3) is 0 Å². The Morgan fingerprint density at radius 3 is 2.62 bits per heavy atom. The molecule has 0 aromatic heterocycles. The Bertz CT molecular complexity index is 468. The molecule has 0 aliphatic carbocycles. The minimum Gasteiger partial charge on any atom is -0.274 e. The number of hydrogen-bond acceptors (Lipinski definition) is 2. The highest BCUT2D eigenvalue weighted by Crippen LogP contribution is 2.09. The molecule has 80 valence electrons. The largest absolute Gasteiger partial charge is 0.305 e. The van der Waals surface area contributed by atoms with E-state index in [0.29, 0.717) is 13.0 Å². The Hall–Kier alpha value is -2.08. The van der Waals surface area contributed by atoms with Crippen molar-refractivity contribution in [3.63, 3.8) is 0 Å². The number of imide groups is 1. The summed E-state index contributed by atoms with van der Waals surface area (Å²) in [6.45, 7) is 0.501. The predicted octanol–water partition coefficient (Wildman–Crippen LogP) is 1.19. The summed E-state index contributed by atoms with van der Waals surface area (Å²) >= 11 is 0. The Morgan fingerprint density at radius 2 is 2.00 bits per heavy atom. The van der Waals surface area contributed by atoms with Crippen LogP contribution in [0.2, 0.25) is 0 Å². The van der Waals surface area contributed by atoms with E-state index in [0.717, 1.165) is 12.0 Å². The van der Waals surface area contributed by atoms with E-state index in [4.69, 9.17) is 0 Å². The minimum atomic E-state index is -0.397. The summed E-state index contributed by atoms with van der Waals surface area (Å²) in [7, 11) is 0. The van der Waals surface area contributed by atoms with Crippen LogP contribution >= 0.6 is 0 Å². The van der Waals surface area contributed by atoms with Gasteiger partial charge in [-0.15, -0.1) is 0 Å². The zero-order chi connectivity index (χ0) is 11.4. The second kappa shape index (κ2) is 4.63. The first kappa shape index (κ1) is 10.4. The van der Waals surface area contributed by atoms with Gasteiger partial charge >= 0.3 is 5.91 Å². The van der Waals surface area contributed by atoms with E-state index in [1.807, 2.05) is 30.3 Å². The van der Waals surface area contributed by atoms with E-state index in [2.05, 4.69) is 11.8 Å². The smallest absolute Gasteiger partial charge is 0.274 e. The van der Waals surface area contributed by atoms with Gasteiger partial charge in [0.05, 0.1) is 0 Å². The summed E-state index contributed by atoms with van der Waals surface area (Å²) in [6.07, 6.45) is 1.20. The molecule has 0 N–H and O–H groups in total. The number of benzene rings is 1. The van der Waals surface area contributed by atoms with Crippen molar-refractivity contribution < 1.29 is 9.59 Å². The van der Waals surface area contributed by atoms with Crippen LogP contribution in [0.5, 0.6) is 0 Å². The lowest BCUT2D eigenvalue weighted by atomic mass is 10.2. The molecule has 0 saturated carbocycles. The van der Waals surface area contributed by atoms with Crippen LogP contribution in [0.15, 0.2) is 30.3 Å². The van der Waals surface area contributed by atoms with Crippen molar-refractivity contribution in [1.82, 2.24) is 4.90 Å². The molecule has 0 bridgehead atoms. The average molecular weight is 213 g/mol. The van der Waals surface area contributed by atoms with E-state index in [-0.39, 0.29) is 5.91 Å². The normalized spacial score (nSPS) is 14.5. The average Bonchev–Trinajstić information content (AvgIpc) is 2.74. The molecule has 1 aromatic carbocycles. The van der Waals surface area contributed by atoms with Crippen molar-refractivity contribution in [3.8, 4) is 11.8 Å². The molecule has 3 nitrogen and oxygen atoms in total. The van der Waals surface area contributed by atoms with Gasteiger partial charge in [0, 0.05) is 24.4 Å². The quantitative estimate of drug-likeness (QED) is 0.607. The molecule has 1 fully saturated rings. The van der Waals surface area contributed by atoms with Crippen LogP contribution < -0.4 is 0 Å². The molecule has 0 spiro atoms. The third-order valence-electron chi connectivity index (χ3n) is 2.41. The van der Waals surface area contributed by atoms with Gasteiger partial charge in [-0.3, -0.25) is 14.5 Å². The zero-order valence-corrected chi connectivity index (χ0v) is 8.77. The minimum absolute atomic E-state index is 0.118. The molecule has 1 aromatic rings. The van der Waals surface area contributed by atoms with Crippen LogP contribution in [0.1, 0.15) is 18.4 Å². The van der Waals surface area contributed by atoms with E-state index in [1.165, 1.54) is 4.90 Å². The van der Waals surface area contributed by atoms with Crippen LogP contribution in [-0.2, 0) is 9.59 Å². The standard InChI is InChI=1S/C13H11NO2/c15-12-7-4-10-14(12)13(16)9-8-11-5-2-1-3-6-11/h1-3,5-6H,4,7,10H2. The van der Waals surface area contributed by atoms with Crippen molar-refractivity contribution in [2.75, 3.05) is 6.54 Å². The molecule has 1 saturated heterocycles. The van der Waals surface area contributed by atoms with Gasteiger partial charge in [-0.05, 0) is 18.6 Å². The molecule has 3 heteroatoms. The van der Waals surface area contributed by atoms with Gasteiger partial charge in [0.15, 0.2) is 0 Å². The van der Waals surface area contributed by atoms with Gasteiger partial charge < -0.3 is 0 Å². The number of likely N-dealkylation sites (tertiary alicyclic amines) is 1. The Labute approximate surface area is 94.1 Å². The lowest BCUT2D eigenvalue weighted by Gasteiger charge is -2.07. The number of amides is 2. The van der Waals surface area contributed by atoms with Crippen LogP contribution in [-0.4, -0.2) is 23.3 Å². The van der Waals surface area contributed by atoms with E-state index < -0.39 is 5.91 Å². The molecule has 0 atom stereocenters. The van der Waals surface area contributed by atoms with Gasteiger partial charge in [0.1, 0.15) is 0 Å². The Morgan fingerprint density at radius 1 is 1.25 bits per heavy atom. The maximum absolute atomic E-state index is 11.6. The summed E-state index contributed by atoms with van der Waals surface area (Å²) in [5.41, 5.74) is 0.780. The highest BCUT2D eigenvalue weighted by molar-refractivity contribution is 6.05. The topological polar surface area (TPSA) is 37.4 Å². The second-order valence-electron chi connectivity index (χ2n) is 3.57. The van der Waals surface area contributed by atoms with Gasteiger partial charge in [-0.2, -0.15) is 0 Å². The summed E-state index contributed by atoms with van der Waals surface area (Å²) in [6, 6.07) is 9.25. The Kier molecular flexibility index (Phi) is 3.02. The third kappa shape index (κ3) is 2.29. The fourth-order valence-electron chi connectivity index (χ4n) is 1.58. The summed E-state index contributed by atoms with van der Waals surface area (Å²) in [5, 5.41) is 0. The fraction of sp³-hybridized carbons (Fsp3) is 0.231. The number of nitrogens with zero attached hydrogens (tertiary/aromatic N) is 1. The van der Waals surface area contributed by atoms with Crippen molar-refractivity contribution in [2.24, 2.45) is 0 Å². The molecule has 1 aliphatic heterocycles. The molecule has 0 radical (unpaired) electrons. The SMILES string of the molecule is O=C(C#Cc1ccccc1)N1CCCC1=O. The van der Waals surface area contributed by atoms with Crippen LogP contribution in [0.3, 0.4) is 0 Å². The molecule has 0 unspecified atom stereocenters. The van der Waals surface area contributed by atoms with Crippen molar-refractivity contribution in [3.05, 3.63) is 35.9 Å². The molecule has 1 heterocycles. The molecular weight excluding hydrogens is 202 g/mol. The molecule has 2 amide bonds. The van der Waals surface area contributed by atoms with Crippen molar-refractivity contribution >= 4 is 11.8 Å². The number of hydrogen-bond donors (Lipinski definition) is 0. The van der Waals surface area contributed by atoms with Crippen LogP contribution in [0.4, 0.5) is 0 Å². The van der Waals surface area contributed by atoms with E-state index in [1.54, 1.807) is 0 Å². The maximum atomic E-state index is 11.6. The summed E-state index contributed by atoms with van der Waals surface area (Å²) in [4.78, 5) is 24.0. The lowest BCUT2D eigenvalue weighted by molar-refractivity contribution is -0.138. The fourth-order valence-corrected chi connectivity index (χ4v) is 1.58. The second-order valence-corrected chi connectivity index (χ2v) is 3.57. The first-order chi connectivity index (χ1) is 7.77. The van der Waals surface area contributed by atoms with E-state index in [9.17, 15) is 9.59 Å². The molecule has 1 aliphatic rings. The summed E-state index contributed by atoms with van der Waals surface area (Å²) in [5.74, 6) is 4.72. The molecule has 2 rings (SSSR count). The highest BCUT2D eigenvalue weighted by atomic mass is 16.2. The van der Waals surface area contributed by atoms with Crippen molar-refractivity contribution in [2.45, 2.75) is 12.8 Å². The highest BCUT2D eigenvalue weighted by Gasteiger charge is 2.24. The maximum Gasteiger partial charge on any atom is 0.305 e. The van der Waals surface area contributed by atoms with Gasteiger partial charge in [0.2, 0.25) is 5.91 Å². The Balaban J connectivity index is 2.08. The summed E-state index contributed by atoms with van der Waals surface area (Å²) < 4.78 is 0. The van der Waals surface area contributed by atoms with Crippen molar-refractivity contribution in [1.29, 1.82) is 0 Å². The first-order valence-corrected chi connectivity index (χ1v) is 5.19. The number of carbonyl (C=O) groups excluding carboxylic acids is 2. The van der Waals surface area contributed by atoms with Crippen LogP contribution in [0, 0.1) is 11.8 Å². The van der Waals surface area contributed by atoms with Gasteiger partial charge in [-0.1, -0.05) is 24.1 Å². The number of carbonyl (C=O) groups is 2. The van der Waals surface area contributed by atoms with E-state index >= 15 is 0 Å². The molecule has 16 heavy (non-hydrogen) atoms.